The van der Waals surface area contributed by atoms with Gasteiger partial charge in [-0.2, -0.15) is 5.10 Å². The number of hydrogen-bond donors (Lipinski definition) is 2. The van der Waals surface area contributed by atoms with E-state index in [-0.39, 0.29) is 5.82 Å². The lowest BCUT2D eigenvalue weighted by Gasteiger charge is -2.10. The van der Waals surface area contributed by atoms with Gasteiger partial charge in [-0.25, -0.2) is 13.9 Å². The molecule has 0 radical (unpaired) electrons. The third kappa shape index (κ3) is 4.50. The van der Waals surface area contributed by atoms with Gasteiger partial charge in [-0.15, -0.1) is 0 Å². The van der Waals surface area contributed by atoms with Crippen molar-refractivity contribution in [2.24, 2.45) is 0 Å². The van der Waals surface area contributed by atoms with Gasteiger partial charge >= 0.3 is 6.03 Å². The molecule has 1 aromatic heterocycles. The molecule has 0 unspecified atom stereocenters. The number of halogens is 2. The zero-order valence-electron chi connectivity index (χ0n) is 16.1. The Labute approximate surface area is 178 Å². The molecular formula is C23H18ClFN4O. The van der Waals surface area contributed by atoms with Crippen molar-refractivity contribution in [3.05, 3.63) is 95.3 Å². The normalized spacial score (nSPS) is 10.6. The fourth-order valence-corrected chi connectivity index (χ4v) is 3.14. The van der Waals surface area contributed by atoms with Crippen molar-refractivity contribution >= 4 is 29.1 Å². The molecule has 3 aromatic carbocycles. The van der Waals surface area contributed by atoms with Crippen LogP contribution >= 0.6 is 11.6 Å². The zero-order chi connectivity index (χ0) is 21.1. The molecule has 4 aromatic rings. The van der Waals surface area contributed by atoms with Crippen LogP contribution in [0.5, 0.6) is 0 Å². The molecule has 0 aliphatic heterocycles. The highest BCUT2D eigenvalue weighted by Crippen LogP contribution is 2.27. The van der Waals surface area contributed by atoms with Crippen LogP contribution in [0.3, 0.4) is 0 Å². The molecule has 7 heteroatoms. The Hall–Kier alpha value is -3.64. The highest BCUT2D eigenvalue weighted by molar-refractivity contribution is 6.30. The number of amides is 2. The number of rotatable bonds is 4. The molecule has 1 heterocycles. The summed E-state index contributed by atoms with van der Waals surface area (Å²) in [7, 11) is 0. The molecule has 5 nitrogen and oxygen atoms in total. The Morgan fingerprint density at radius 3 is 2.40 bits per heavy atom. The number of urea groups is 1. The summed E-state index contributed by atoms with van der Waals surface area (Å²) in [6.45, 7) is 2.00. The van der Waals surface area contributed by atoms with Crippen LogP contribution in [-0.4, -0.2) is 15.8 Å². The number of carbonyl (C=O) groups excluding carboxylic acids is 1. The first kappa shape index (κ1) is 19.7. The molecule has 2 amide bonds. The van der Waals surface area contributed by atoms with Crippen LogP contribution < -0.4 is 10.6 Å². The molecule has 30 heavy (non-hydrogen) atoms. The van der Waals surface area contributed by atoms with Gasteiger partial charge in [0.15, 0.2) is 0 Å². The van der Waals surface area contributed by atoms with Gasteiger partial charge in [0.2, 0.25) is 0 Å². The van der Waals surface area contributed by atoms with Crippen molar-refractivity contribution < 1.29 is 9.18 Å². The van der Waals surface area contributed by atoms with Crippen molar-refractivity contribution in [1.29, 1.82) is 0 Å². The quantitative estimate of drug-likeness (QED) is 0.408. The van der Waals surface area contributed by atoms with Crippen molar-refractivity contribution in [3.8, 4) is 16.9 Å². The maximum Gasteiger partial charge on any atom is 0.324 e. The molecular weight excluding hydrogens is 403 g/mol. The standard InChI is InChI=1S/C23H18ClFN4O/c1-15-5-11-20(12-6-15)29-22(14-21(28-29)16-3-2-4-17(24)13-16)27-23(30)26-19-9-7-18(25)8-10-19/h2-14H,1H3,(H2,26,27,30). The Morgan fingerprint density at radius 2 is 1.70 bits per heavy atom. The number of nitrogens with zero attached hydrogens (tertiary/aromatic N) is 2. The highest BCUT2D eigenvalue weighted by atomic mass is 35.5. The molecule has 0 aliphatic carbocycles. The summed E-state index contributed by atoms with van der Waals surface area (Å²) in [6, 6.07) is 22.0. The van der Waals surface area contributed by atoms with Crippen molar-refractivity contribution in [2.45, 2.75) is 6.92 Å². The highest BCUT2D eigenvalue weighted by Gasteiger charge is 2.14. The Morgan fingerprint density at radius 1 is 0.967 bits per heavy atom. The van der Waals surface area contributed by atoms with E-state index >= 15 is 0 Å². The van der Waals surface area contributed by atoms with Crippen LogP contribution in [0.25, 0.3) is 16.9 Å². The molecule has 0 atom stereocenters. The van der Waals surface area contributed by atoms with Gasteiger partial charge < -0.3 is 5.32 Å². The van der Waals surface area contributed by atoms with Gasteiger partial charge in [-0.3, -0.25) is 5.32 Å². The summed E-state index contributed by atoms with van der Waals surface area (Å²) in [5, 5.41) is 10.8. The Kier molecular flexibility index (Phi) is 5.50. The number of aromatic nitrogens is 2. The molecule has 2 N–H and O–H groups in total. The van der Waals surface area contributed by atoms with Gasteiger partial charge in [-0.1, -0.05) is 41.4 Å². The van der Waals surface area contributed by atoms with Gasteiger partial charge in [0.1, 0.15) is 11.6 Å². The average molecular weight is 421 g/mol. The number of benzene rings is 3. The lowest BCUT2D eigenvalue weighted by molar-refractivity contribution is 0.262. The SMILES string of the molecule is Cc1ccc(-n2nc(-c3cccc(Cl)c3)cc2NC(=O)Nc2ccc(F)cc2)cc1. The smallest absolute Gasteiger partial charge is 0.308 e. The molecule has 0 saturated carbocycles. The van der Waals surface area contributed by atoms with Crippen molar-refractivity contribution in [2.75, 3.05) is 10.6 Å². The minimum atomic E-state index is -0.465. The van der Waals surface area contributed by atoms with Crippen LogP contribution in [0, 0.1) is 12.7 Å². The zero-order valence-corrected chi connectivity index (χ0v) is 16.8. The van der Waals surface area contributed by atoms with Crippen molar-refractivity contribution in [3.63, 3.8) is 0 Å². The van der Waals surface area contributed by atoms with Gasteiger partial charge in [0, 0.05) is 22.3 Å². The summed E-state index contributed by atoms with van der Waals surface area (Å²) in [5.74, 6) is 0.109. The van der Waals surface area contributed by atoms with Crippen LogP contribution in [0.4, 0.5) is 20.7 Å². The van der Waals surface area contributed by atoms with E-state index in [1.807, 2.05) is 49.4 Å². The van der Waals surface area contributed by atoms with E-state index in [1.54, 1.807) is 16.8 Å². The first-order valence-electron chi connectivity index (χ1n) is 9.24. The van der Waals surface area contributed by atoms with E-state index in [2.05, 4.69) is 15.7 Å². The summed E-state index contributed by atoms with van der Waals surface area (Å²) in [6.07, 6.45) is 0. The van der Waals surface area contributed by atoms with E-state index in [9.17, 15) is 9.18 Å². The van der Waals surface area contributed by atoms with E-state index in [0.717, 1.165) is 16.8 Å². The summed E-state index contributed by atoms with van der Waals surface area (Å²) in [4.78, 5) is 12.5. The van der Waals surface area contributed by atoms with Crippen LogP contribution in [0.2, 0.25) is 5.02 Å². The third-order valence-electron chi connectivity index (χ3n) is 4.45. The van der Waals surface area contributed by atoms with E-state index in [0.29, 0.717) is 22.2 Å². The second kappa shape index (κ2) is 8.39. The van der Waals surface area contributed by atoms with Crippen LogP contribution in [0.15, 0.2) is 78.9 Å². The Balaban J connectivity index is 1.66. The second-order valence-electron chi connectivity index (χ2n) is 6.76. The molecule has 0 aliphatic rings. The van der Waals surface area contributed by atoms with Crippen LogP contribution in [0.1, 0.15) is 5.56 Å². The lowest BCUT2D eigenvalue weighted by atomic mass is 10.1. The number of hydrogen-bond acceptors (Lipinski definition) is 2. The lowest BCUT2D eigenvalue weighted by Crippen LogP contribution is -2.21. The number of aryl methyl sites for hydroxylation is 1. The maximum absolute atomic E-state index is 13.1. The van der Waals surface area contributed by atoms with Crippen molar-refractivity contribution in [1.82, 2.24) is 9.78 Å². The fraction of sp³-hybridized carbons (Fsp3) is 0.0435. The molecule has 0 saturated heterocycles. The second-order valence-corrected chi connectivity index (χ2v) is 7.19. The Bertz CT molecular complexity index is 1190. The van der Waals surface area contributed by atoms with Gasteiger partial charge in [0.05, 0.1) is 11.4 Å². The average Bonchev–Trinajstić information content (AvgIpc) is 3.14. The largest absolute Gasteiger partial charge is 0.324 e. The maximum atomic E-state index is 13.1. The monoisotopic (exact) mass is 420 g/mol. The molecule has 0 spiro atoms. The fourth-order valence-electron chi connectivity index (χ4n) is 2.95. The first-order valence-corrected chi connectivity index (χ1v) is 9.62. The predicted molar refractivity (Wildman–Crippen MR) is 118 cm³/mol. The number of nitrogens with one attached hydrogen (secondary N) is 2. The first-order chi connectivity index (χ1) is 14.5. The topological polar surface area (TPSA) is 59.0 Å². The van der Waals surface area contributed by atoms with E-state index in [1.165, 1.54) is 24.3 Å². The van der Waals surface area contributed by atoms with E-state index < -0.39 is 6.03 Å². The predicted octanol–water partition coefficient (Wildman–Crippen LogP) is 6.28. The van der Waals surface area contributed by atoms with Gasteiger partial charge in [0.25, 0.3) is 0 Å². The third-order valence-corrected chi connectivity index (χ3v) is 4.69. The van der Waals surface area contributed by atoms with E-state index in [4.69, 9.17) is 11.6 Å². The minimum Gasteiger partial charge on any atom is -0.308 e. The van der Waals surface area contributed by atoms with Gasteiger partial charge in [-0.05, 0) is 55.5 Å². The summed E-state index contributed by atoms with van der Waals surface area (Å²) >= 11 is 6.12. The number of carbonyl (C=O) groups is 1. The number of anilines is 2. The molecule has 4 rings (SSSR count). The minimum absolute atomic E-state index is 0.371. The summed E-state index contributed by atoms with van der Waals surface area (Å²) < 4.78 is 14.7. The van der Waals surface area contributed by atoms with Crippen LogP contribution in [-0.2, 0) is 0 Å². The molecule has 150 valence electrons. The summed E-state index contributed by atoms with van der Waals surface area (Å²) in [5.41, 5.74) is 3.88. The molecule has 0 fully saturated rings. The molecule has 0 bridgehead atoms.